The van der Waals surface area contributed by atoms with Gasteiger partial charge < -0.3 is 0 Å². The zero-order chi connectivity index (χ0) is 23.0. The molecule has 0 N–H and O–H groups in total. The first kappa shape index (κ1) is 20.6. The second kappa shape index (κ2) is 8.41. The number of allylic oxidation sites excluding steroid dienone is 1. The van der Waals surface area contributed by atoms with Crippen molar-refractivity contribution in [2.24, 2.45) is 4.74 Å². The molecule has 0 amide bonds. The molecule has 1 aliphatic rings. The standard InChI is InChI=1S/C31H22NOP/c33-30-22-29(27-20-10-12-23-13-11-21-28(30)31(23)27)32-34(24-14-4-1-5-15-24,25-16-6-2-7-17-25)26-18-8-3-9-19-26/h1-22H. The lowest BCUT2D eigenvalue weighted by Gasteiger charge is -2.28. The highest BCUT2D eigenvalue weighted by atomic mass is 31.2. The highest BCUT2D eigenvalue weighted by Gasteiger charge is 2.29. The van der Waals surface area contributed by atoms with Gasteiger partial charge in [0.2, 0.25) is 0 Å². The Morgan fingerprint density at radius 1 is 0.500 bits per heavy atom. The Hall–Kier alpha value is -4.00. The van der Waals surface area contributed by atoms with Crippen LogP contribution in [0.5, 0.6) is 0 Å². The number of benzene rings is 5. The second-order valence-corrected chi connectivity index (χ2v) is 11.4. The second-order valence-electron chi connectivity index (χ2n) is 8.35. The van der Waals surface area contributed by atoms with E-state index in [1.54, 1.807) is 6.08 Å². The summed E-state index contributed by atoms with van der Waals surface area (Å²) < 4.78 is 5.60. The molecule has 0 saturated carbocycles. The molecule has 1 aliphatic carbocycles. The van der Waals surface area contributed by atoms with Gasteiger partial charge in [-0.05, 0) is 5.39 Å². The SMILES string of the molecule is O=C1C=C(N=P(c2ccccc2)(c2ccccc2)c2ccccc2)c2cccc3cccc1c23. The molecule has 0 saturated heterocycles. The summed E-state index contributed by atoms with van der Waals surface area (Å²) >= 11 is 0. The van der Waals surface area contributed by atoms with E-state index in [1.165, 1.54) is 0 Å². The van der Waals surface area contributed by atoms with Gasteiger partial charge in [0.1, 0.15) is 0 Å². The molecule has 0 aliphatic heterocycles. The van der Waals surface area contributed by atoms with E-state index < -0.39 is 7.05 Å². The first-order valence-electron chi connectivity index (χ1n) is 11.3. The molecule has 0 fully saturated rings. The van der Waals surface area contributed by atoms with Crippen molar-refractivity contribution in [1.82, 2.24) is 0 Å². The summed E-state index contributed by atoms with van der Waals surface area (Å²) in [6.45, 7) is 0. The predicted molar refractivity (Wildman–Crippen MR) is 144 cm³/mol. The van der Waals surface area contributed by atoms with E-state index in [1.807, 2.05) is 36.4 Å². The number of hydrogen-bond acceptors (Lipinski definition) is 2. The van der Waals surface area contributed by atoms with Crippen molar-refractivity contribution in [3.8, 4) is 0 Å². The highest BCUT2D eigenvalue weighted by Crippen LogP contribution is 2.50. The molecule has 0 atom stereocenters. The molecular weight excluding hydrogens is 433 g/mol. The number of carbonyl (C=O) groups is 1. The summed E-state index contributed by atoms with van der Waals surface area (Å²) in [7, 11) is -2.46. The quantitative estimate of drug-likeness (QED) is 0.282. The molecule has 0 radical (unpaired) electrons. The van der Waals surface area contributed by atoms with Crippen LogP contribution in [0, 0.1) is 0 Å². The molecule has 162 valence electrons. The van der Waals surface area contributed by atoms with Gasteiger partial charge in [-0.25, -0.2) is 0 Å². The summed E-state index contributed by atoms with van der Waals surface area (Å²) in [5.74, 6) is 0.00957. The number of ketones is 1. The van der Waals surface area contributed by atoms with Crippen molar-refractivity contribution in [3.05, 3.63) is 145 Å². The smallest absolute Gasteiger partial charge is 0.188 e. The van der Waals surface area contributed by atoms with Crippen molar-refractivity contribution in [3.63, 3.8) is 0 Å². The Kier molecular flexibility index (Phi) is 5.09. The van der Waals surface area contributed by atoms with Crippen molar-refractivity contribution in [2.45, 2.75) is 0 Å². The Morgan fingerprint density at radius 2 is 0.971 bits per heavy atom. The maximum atomic E-state index is 13.3. The van der Waals surface area contributed by atoms with Gasteiger partial charge in [0.05, 0.1) is 12.8 Å². The third-order valence-electron chi connectivity index (χ3n) is 6.36. The fraction of sp³-hybridized carbons (Fsp3) is 0. The molecule has 0 spiro atoms. The average Bonchev–Trinajstić information content (AvgIpc) is 2.91. The van der Waals surface area contributed by atoms with Gasteiger partial charge >= 0.3 is 0 Å². The minimum absolute atomic E-state index is 0.00957. The van der Waals surface area contributed by atoms with Gasteiger partial charge in [-0.3, -0.25) is 9.54 Å². The molecule has 34 heavy (non-hydrogen) atoms. The monoisotopic (exact) mass is 455 g/mol. The maximum Gasteiger partial charge on any atom is 0.188 e. The number of rotatable bonds is 4. The third kappa shape index (κ3) is 3.27. The lowest BCUT2D eigenvalue weighted by atomic mass is 9.91. The van der Waals surface area contributed by atoms with Crippen LogP contribution in [-0.4, -0.2) is 5.78 Å². The summed E-state index contributed by atoms with van der Waals surface area (Å²) in [6, 6.07) is 43.6. The van der Waals surface area contributed by atoms with Gasteiger partial charge in [0.25, 0.3) is 0 Å². The van der Waals surface area contributed by atoms with E-state index in [4.69, 9.17) is 4.74 Å². The molecule has 0 bridgehead atoms. The number of carbonyl (C=O) groups excluding carboxylic acids is 1. The van der Waals surface area contributed by atoms with Crippen LogP contribution in [-0.2, 0) is 0 Å². The zero-order valence-electron chi connectivity index (χ0n) is 18.5. The fourth-order valence-electron chi connectivity index (χ4n) is 4.84. The van der Waals surface area contributed by atoms with Crippen LogP contribution in [0.3, 0.4) is 0 Å². The van der Waals surface area contributed by atoms with Crippen molar-refractivity contribution in [2.75, 3.05) is 0 Å². The molecule has 5 aromatic carbocycles. The van der Waals surface area contributed by atoms with E-state index in [2.05, 4.69) is 91.0 Å². The third-order valence-corrected chi connectivity index (χ3v) is 10.0. The topological polar surface area (TPSA) is 29.4 Å². The number of nitrogens with zero attached hydrogens (tertiary/aromatic N) is 1. The van der Waals surface area contributed by atoms with Gasteiger partial charge in [-0.1, -0.05) is 127 Å². The van der Waals surface area contributed by atoms with Gasteiger partial charge in [-0.2, -0.15) is 0 Å². The van der Waals surface area contributed by atoms with Crippen molar-refractivity contribution in [1.29, 1.82) is 0 Å². The van der Waals surface area contributed by atoms with E-state index in [-0.39, 0.29) is 5.78 Å². The number of hydrogen-bond donors (Lipinski definition) is 0. The molecule has 2 nitrogen and oxygen atoms in total. The molecule has 0 unspecified atom stereocenters. The molecule has 6 rings (SSSR count). The lowest BCUT2D eigenvalue weighted by Crippen LogP contribution is -2.25. The minimum atomic E-state index is -2.46. The molecule has 3 heteroatoms. The largest absolute Gasteiger partial charge is 0.289 e. The Morgan fingerprint density at radius 3 is 1.47 bits per heavy atom. The van der Waals surface area contributed by atoms with Gasteiger partial charge in [0, 0.05) is 38.5 Å². The molecule has 0 heterocycles. The van der Waals surface area contributed by atoms with Crippen LogP contribution < -0.4 is 15.9 Å². The van der Waals surface area contributed by atoms with Crippen LogP contribution in [0.15, 0.2) is 138 Å². The van der Waals surface area contributed by atoms with E-state index in [0.29, 0.717) is 0 Å². The summed E-state index contributed by atoms with van der Waals surface area (Å²) in [5, 5.41) is 5.53. The first-order valence-corrected chi connectivity index (χ1v) is 13.1. The Bertz CT molecular complexity index is 1490. The van der Waals surface area contributed by atoms with Crippen LogP contribution in [0.2, 0.25) is 0 Å². The van der Waals surface area contributed by atoms with Crippen molar-refractivity contribution >= 4 is 45.2 Å². The van der Waals surface area contributed by atoms with Crippen LogP contribution in [0.25, 0.3) is 16.5 Å². The predicted octanol–water partition coefficient (Wildman–Crippen LogP) is 6.55. The Labute approximate surface area is 199 Å². The fourth-order valence-corrected chi connectivity index (χ4v) is 8.38. The molecule has 5 aromatic rings. The minimum Gasteiger partial charge on any atom is -0.289 e. The average molecular weight is 455 g/mol. The normalized spacial score (nSPS) is 12.9. The van der Waals surface area contributed by atoms with Gasteiger partial charge in [0.15, 0.2) is 5.78 Å². The maximum absolute atomic E-state index is 13.3. The van der Waals surface area contributed by atoms with E-state index in [0.717, 1.165) is 43.5 Å². The van der Waals surface area contributed by atoms with Crippen LogP contribution >= 0.6 is 7.05 Å². The zero-order valence-corrected chi connectivity index (χ0v) is 19.4. The Balaban J connectivity index is 1.75. The van der Waals surface area contributed by atoms with Crippen LogP contribution in [0.1, 0.15) is 15.9 Å². The molecular formula is C31H22NOP. The summed E-state index contributed by atoms with van der Waals surface area (Å²) in [5.41, 5.74) is 2.51. The summed E-state index contributed by atoms with van der Waals surface area (Å²) in [4.78, 5) is 13.3. The van der Waals surface area contributed by atoms with E-state index in [9.17, 15) is 4.79 Å². The lowest BCUT2D eigenvalue weighted by molar-refractivity contribution is 0.104. The van der Waals surface area contributed by atoms with Gasteiger partial charge in [-0.15, -0.1) is 0 Å². The first-order chi connectivity index (χ1) is 16.8. The highest BCUT2D eigenvalue weighted by molar-refractivity contribution is 7.87. The van der Waals surface area contributed by atoms with Crippen molar-refractivity contribution < 1.29 is 4.79 Å². The molecule has 0 aromatic heterocycles. The van der Waals surface area contributed by atoms with Crippen LogP contribution in [0.4, 0.5) is 0 Å². The summed E-state index contributed by atoms with van der Waals surface area (Å²) in [6.07, 6.45) is 1.72. The van der Waals surface area contributed by atoms with E-state index >= 15 is 0 Å².